The number of nitrogens with one attached hydrogen (secondary N) is 2. The highest BCUT2D eigenvalue weighted by Crippen LogP contribution is 2.25. The monoisotopic (exact) mass is 369 g/mol. The molecule has 0 spiro atoms. The van der Waals surface area contributed by atoms with Crippen molar-refractivity contribution in [1.82, 2.24) is 25.4 Å². The molecule has 3 heterocycles. The summed E-state index contributed by atoms with van der Waals surface area (Å²) in [6.07, 6.45) is 5.88. The fourth-order valence-electron chi connectivity index (χ4n) is 2.82. The Bertz CT molecular complexity index is 913. The Morgan fingerprint density at radius 2 is 2.19 bits per heavy atom. The van der Waals surface area contributed by atoms with Crippen LogP contribution in [0.2, 0.25) is 0 Å². The number of carbonyl (C=O) groups excluding carboxylic acids is 1. The summed E-state index contributed by atoms with van der Waals surface area (Å²) in [7, 11) is 0. The van der Waals surface area contributed by atoms with Crippen LogP contribution in [0.25, 0.3) is 11.0 Å². The summed E-state index contributed by atoms with van der Waals surface area (Å²) < 4.78 is 4.72. The molecule has 9 heteroatoms. The van der Waals surface area contributed by atoms with Crippen LogP contribution < -0.4 is 16.4 Å². The molecule has 3 rings (SSSR count). The number of hydrogen-bond acceptors (Lipinski definition) is 8. The molecule has 0 fully saturated rings. The van der Waals surface area contributed by atoms with Crippen LogP contribution in [0.4, 0.5) is 11.8 Å². The van der Waals surface area contributed by atoms with Crippen molar-refractivity contribution in [2.45, 2.75) is 38.6 Å². The molecular weight excluding hydrogens is 346 g/mol. The molecule has 1 atom stereocenters. The topological polar surface area (TPSA) is 132 Å². The predicted molar refractivity (Wildman–Crippen MR) is 102 cm³/mol. The van der Waals surface area contributed by atoms with Crippen LogP contribution in [0, 0.1) is 0 Å². The van der Waals surface area contributed by atoms with Crippen LogP contribution in [-0.4, -0.2) is 38.1 Å². The number of hydrogen-bond donors (Lipinski definition) is 3. The lowest BCUT2D eigenvalue weighted by atomic mass is 9.94. The number of nitrogen functional groups attached to an aromatic ring is 1. The van der Waals surface area contributed by atoms with Crippen LogP contribution in [0.1, 0.15) is 43.6 Å². The third kappa shape index (κ3) is 4.49. The molecule has 1 unspecified atom stereocenters. The third-order valence-corrected chi connectivity index (χ3v) is 4.28. The molecule has 1 amide bonds. The Morgan fingerprint density at radius 3 is 2.93 bits per heavy atom. The molecule has 0 saturated heterocycles. The minimum Gasteiger partial charge on any atom is -0.368 e. The summed E-state index contributed by atoms with van der Waals surface area (Å²) >= 11 is 0. The molecular formula is C18H23N7O2. The van der Waals surface area contributed by atoms with E-state index in [4.69, 9.17) is 10.3 Å². The normalized spacial score (nSPS) is 13.3. The number of rotatable bonds is 8. The van der Waals surface area contributed by atoms with Crippen molar-refractivity contribution in [3.05, 3.63) is 36.4 Å². The molecule has 0 aliphatic rings. The zero-order chi connectivity index (χ0) is 19.3. The van der Waals surface area contributed by atoms with Crippen LogP contribution in [-0.2, 0) is 0 Å². The van der Waals surface area contributed by atoms with Gasteiger partial charge in [-0.15, -0.1) is 0 Å². The lowest BCUT2D eigenvalue weighted by Crippen LogP contribution is -2.47. The zero-order valence-electron chi connectivity index (χ0n) is 15.4. The number of amides is 1. The lowest BCUT2D eigenvalue weighted by molar-refractivity contribution is 0.0936. The van der Waals surface area contributed by atoms with Gasteiger partial charge in [0.05, 0.1) is 11.1 Å². The number of unbranched alkanes of at least 4 members (excludes halogenated alkanes) is 1. The lowest BCUT2D eigenvalue weighted by Gasteiger charge is -2.32. The standard InChI is InChI=1S/C18H23N7O2/c1-3-4-8-18(2,11-21-16(26)13-7-10-27-25-13)24-15-14-12(6-5-9-20-14)22-17(19)23-15/h5-7,9-10H,3-4,8,11H2,1-2H3,(H,21,26)(H3,19,22,23,24). The summed E-state index contributed by atoms with van der Waals surface area (Å²) in [5.74, 6) is 0.424. The first-order valence-corrected chi connectivity index (χ1v) is 8.86. The maximum atomic E-state index is 12.2. The van der Waals surface area contributed by atoms with Crippen LogP contribution >= 0.6 is 0 Å². The molecule has 3 aromatic rings. The van der Waals surface area contributed by atoms with Gasteiger partial charge in [0.2, 0.25) is 5.95 Å². The van der Waals surface area contributed by atoms with Gasteiger partial charge >= 0.3 is 0 Å². The van der Waals surface area contributed by atoms with Crippen molar-refractivity contribution in [3.63, 3.8) is 0 Å². The number of aromatic nitrogens is 4. The van der Waals surface area contributed by atoms with Gasteiger partial charge in [-0.3, -0.25) is 9.78 Å². The van der Waals surface area contributed by atoms with Crippen LogP contribution in [0.5, 0.6) is 0 Å². The van der Waals surface area contributed by atoms with E-state index in [1.807, 2.05) is 13.0 Å². The number of anilines is 2. The second-order valence-corrected chi connectivity index (χ2v) is 6.66. The van der Waals surface area contributed by atoms with E-state index in [0.29, 0.717) is 23.4 Å². The summed E-state index contributed by atoms with van der Waals surface area (Å²) in [6, 6.07) is 5.16. The summed E-state index contributed by atoms with van der Waals surface area (Å²) in [5, 5.41) is 9.98. The second kappa shape index (κ2) is 7.98. The largest absolute Gasteiger partial charge is 0.368 e. The number of fused-ring (bicyclic) bond motifs is 1. The van der Waals surface area contributed by atoms with Crippen LogP contribution in [0.15, 0.2) is 35.2 Å². The van der Waals surface area contributed by atoms with Gasteiger partial charge in [0.1, 0.15) is 11.8 Å². The first-order chi connectivity index (χ1) is 13.0. The van der Waals surface area contributed by atoms with Crippen molar-refractivity contribution < 1.29 is 9.32 Å². The molecule has 0 aliphatic carbocycles. The quantitative estimate of drug-likeness (QED) is 0.551. The molecule has 27 heavy (non-hydrogen) atoms. The molecule has 0 aromatic carbocycles. The Kier molecular flexibility index (Phi) is 5.49. The Hall–Kier alpha value is -3.23. The van der Waals surface area contributed by atoms with E-state index < -0.39 is 5.54 Å². The van der Waals surface area contributed by atoms with E-state index in [1.165, 1.54) is 12.3 Å². The minimum absolute atomic E-state index is 0.169. The van der Waals surface area contributed by atoms with Crippen molar-refractivity contribution in [2.75, 3.05) is 17.6 Å². The second-order valence-electron chi connectivity index (χ2n) is 6.66. The van der Waals surface area contributed by atoms with E-state index in [1.54, 1.807) is 12.3 Å². The highest BCUT2D eigenvalue weighted by molar-refractivity contribution is 5.92. The molecule has 0 radical (unpaired) electrons. The van der Waals surface area contributed by atoms with Gasteiger partial charge in [-0.25, -0.2) is 4.98 Å². The van der Waals surface area contributed by atoms with Gasteiger partial charge in [-0.2, -0.15) is 4.98 Å². The summed E-state index contributed by atoms with van der Waals surface area (Å²) in [5.41, 5.74) is 6.94. The average Bonchev–Trinajstić information content (AvgIpc) is 3.19. The fourth-order valence-corrected chi connectivity index (χ4v) is 2.82. The average molecular weight is 369 g/mol. The molecule has 0 saturated carbocycles. The van der Waals surface area contributed by atoms with Gasteiger partial charge in [0.25, 0.3) is 5.91 Å². The number of carbonyl (C=O) groups is 1. The number of pyridine rings is 1. The maximum absolute atomic E-state index is 12.2. The molecule has 0 bridgehead atoms. The van der Waals surface area contributed by atoms with Crippen LogP contribution in [0.3, 0.4) is 0 Å². The zero-order valence-corrected chi connectivity index (χ0v) is 15.4. The van der Waals surface area contributed by atoms with E-state index in [2.05, 4.69) is 37.7 Å². The smallest absolute Gasteiger partial charge is 0.273 e. The first kappa shape index (κ1) is 18.6. The van der Waals surface area contributed by atoms with Crippen molar-refractivity contribution in [2.24, 2.45) is 0 Å². The molecule has 9 nitrogen and oxygen atoms in total. The maximum Gasteiger partial charge on any atom is 0.273 e. The van der Waals surface area contributed by atoms with Gasteiger partial charge in [-0.05, 0) is 25.5 Å². The molecule has 142 valence electrons. The first-order valence-electron chi connectivity index (χ1n) is 8.86. The SMILES string of the molecule is CCCCC(C)(CNC(=O)c1ccon1)Nc1nc(N)nc2cccnc12. The highest BCUT2D eigenvalue weighted by Gasteiger charge is 2.27. The minimum atomic E-state index is -0.458. The summed E-state index contributed by atoms with van der Waals surface area (Å²) in [4.78, 5) is 25.1. The van der Waals surface area contributed by atoms with Gasteiger partial charge < -0.3 is 20.9 Å². The summed E-state index contributed by atoms with van der Waals surface area (Å²) in [6.45, 7) is 4.52. The Labute approximate surface area is 156 Å². The Morgan fingerprint density at radius 1 is 1.33 bits per heavy atom. The number of nitrogens with zero attached hydrogens (tertiary/aromatic N) is 4. The molecule has 3 aromatic heterocycles. The van der Waals surface area contributed by atoms with Gasteiger partial charge in [0.15, 0.2) is 11.5 Å². The van der Waals surface area contributed by atoms with E-state index in [9.17, 15) is 4.79 Å². The third-order valence-electron chi connectivity index (χ3n) is 4.28. The highest BCUT2D eigenvalue weighted by atomic mass is 16.5. The van der Waals surface area contributed by atoms with Crippen molar-refractivity contribution >= 4 is 28.7 Å². The van der Waals surface area contributed by atoms with E-state index in [-0.39, 0.29) is 17.5 Å². The molecule has 0 aliphatic heterocycles. The Balaban J connectivity index is 1.83. The molecule has 4 N–H and O–H groups in total. The predicted octanol–water partition coefficient (Wildman–Crippen LogP) is 2.39. The van der Waals surface area contributed by atoms with Crippen molar-refractivity contribution in [1.29, 1.82) is 0 Å². The van der Waals surface area contributed by atoms with E-state index >= 15 is 0 Å². The number of nitrogens with two attached hydrogens (primary N) is 1. The van der Waals surface area contributed by atoms with Gasteiger partial charge in [0, 0.05) is 18.8 Å². The van der Waals surface area contributed by atoms with Gasteiger partial charge in [-0.1, -0.05) is 24.9 Å². The van der Waals surface area contributed by atoms with E-state index in [0.717, 1.165) is 19.3 Å². The fraction of sp³-hybridized carbons (Fsp3) is 0.389. The van der Waals surface area contributed by atoms with Crippen molar-refractivity contribution in [3.8, 4) is 0 Å².